The SMILES string of the molecule is CNC(=O)c1cc(C(=O)NC2C3CN(C(=O)OC(C)(C)C)CC32)cc2c1O[C@H](C)[C@H]2c1ccccc1. The van der Waals surface area contributed by atoms with Gasteiger partial charge in [0.1, 0.15) is 17.5 Å². The molecule has 0 aromatic heterocycles. The molecule has 8 heteroatoms. The van der Waals surface area contributed by atoms with Crippen LogP contribution in [0.3, 0.4) is 0 Å². The number of carbonyl (C=O) groups excluding carboxylic acids is 3. The summed E-state index contributed by atoms with van der Waals surface area (Å²) in [7, 11) is 1.57. The molecule has 5 rings (SSSR count). The van der Waals surface area contributed by atoms with Crippen molar-refractivity contribution in [3.63, 3.8) is 0 Å². The zero-order valence-electron chi connectivity index (χ0n) is 21.3. The van der Waals surface area contributed by atoms with Gasteiger partial charge in [-0.3, -0.25) is 9.59 Å². The maximum absolute atomic E-state index is 13.3. The van der Waals surface area contributed by atoms with Crippen LogP contribution in [0.4, 0.5) is 4.79 Å². The molecule has 1 saturated heterocycles. The summed E-state index contributed by atoms with van der Waals surface area (Å²) in [6.07, 6.45) is -0.486. The Bertz CT molecular complexity index is 1190. The number of amides is 3. The first-order valence-electron chi connectivity index (χ1n) is 12.5. The van der Waals surface area contributed by atoms with E-state index < -0.39 is 5.60 Å². The fraction of sp³-hybridized carbons (Fsp3) is 0.464. The second kappa shape index (κ2) is 8.84. The Morgan fingerprint density at radius 2 is 1.69 bits per heavy atom. The molecule has 190 valence electrons. The Labute approximate surface area is 211 Å². The Kier molecular flexibility index (Phi) is 5.93. The van der Waals surface area contributed by atoms with Gasteiger partial charge in [-0.05, 0) is 45.4 Å². The van der Waals surface area contributed by atoms with E-state index in [0.717, 1.165) is 11.1 Å². The number of hydrogen-bond acceptors (Lipinski definition) is 5. The van der Waals surface area contributed by atoms with Gasteiger partial charge in [0.2, 0.25) is 0 Å². The van der Waals surface area contributed by atoms with Crippen LogP contribution in [-0.4, -0.2) is 60.7 Å². The van der Waals surface area contributed by atoms with E-state index in [0.29, 0.717) is 30.0 Å². The predicted octanol–water partition coefficient (Wildman–Crippen LogP) is 3.55. The summed E-state index contributed by atoms with van der Waals surface area (Å²) in [6, 6.07) is 13.4. The second-order valence-electron chi connectivity index (χ2n) is 10.9. The van der Waals surface area contributed by atoms with Crippen molar-refractivity contribution in [1.82, 2.24) is 15.5 Å². The van der Waals surface area contributed by atoms with Crippen molar-refractivity contribution in [2.45, 2.75) is 51.4 Å². The van der Waals surface area contributed by atoms with Gasteiger partial charge in [0.05, 0.1) is 5.56 Å². The lowest BCUT2D eigenvalue weighted by Gasteiger charge is -2.26. The largest absolute Gasteiger partial charge is 0.489 e. The number of carbonyl (C=O) groups is 3. The number of hydrogen-bond donors (Lipinski definition) is 2. The molecular weight excluding hydrogens is 458 g/mol. The molecule has 1 aliphatic carbocycles. The van der Waals surface area contributed by atoms with Gasteiger partial charge in [-0.15, -0.1) is 0 Å². The van der Waals surface area contributed by atoms with Gasteiger partial charge < -0.3 is 25.0 Å². The van der Waals surface area contributed by atoms with E-state index in [9.17, 15) is 14.4 Å². The van der Waals surface area contributed by atoms with Gasteiger partial charge in [-0.25, -0.2) is 4.79 Å². The van der Waals surface area contributed by atoms with Gasteiger partial charge in [0, 0.05) is 55.1 Å². The molecule has 2 aromatic rings. The van der Waals surface area contributed by atoms with E-state index in [2.05, 4.69) is 10.6 Å². The van der Waals surface area contributed by atoms with Crippen molar-refractivity contribution >= 4 is 17.9 Å². The fourth-order valence-electron chi connectivity index (χ4n) is 5.52. The minimum atomic E-state index is -0.535. The van der Waals surface area contributed by atoms with Crippen LogP contribution in [0.25, 0.3) is 0 Å². The summed E-state index contributed by atoms with van der Waals surface area (Å²) in [5, 5.41) is 5.79. The van der Waals surface area contributed by atoms with E-state index in [-0.39, 0.29) is 47.8 Å². The van der Waals surface area contributed by atoms with Crippen molar-refractivity contribution in [3.8, 4) is 5.75 Å². The minimum absolute atomic E-state index is 0.00740. The standard InChI is InChI=1S/C28H33N3O5/c1-15-22(16-9-7-6-8-10-16)18-11-17(12-19(24(18)35-15)26(33)29-5)25(32)30-23-20-13-31(14-21(20)23)27(34)36-28(2,3)4/h6-12,15,20-23H,13-14H2,1-5H3,(H,29,33)(H,30,32)/t15-,20?,21?,22+,23?/m1/s1. The van der Waals surface area contributed by atoms with Crippen LogP contribution >= 0.6 is 0 Å². The molecule has 36 heavy (non-hydrogen) atoms. The highest BCUT2D eigenvalue weighted by Gasteiger charge is 2.58. The molecule has 2 N–H and O–H groups in total. The summed E-state index contributed by atoms with van der Waals surface area (Å²) >= 11 is 0. The first-order valence-corrected chi connectivity index (χ1v) is 12.5. The molecule has 2 aliphatic heterocycles. The third kappa shape index (κ3) is 4.40. The Balaban J connectivity index is 1.34. The van der Waals surface area contributed by atoms with E-state index in [4.69, 9.17) is 9.47 Å². The molecular formula is C28H33N3O5. The lowest BCUT2D eigenvalue weighted by molar-refractivity contribution is 0.0269. The number of piperidine rings is 1. The molecule has 2 fully saturated rings. The fourth-order valence-corrected chi connectivity index (χ4v) is 5.52. The van der Waals surface area contributed by atoms with Gasteiger partial charge in [-0.2, -0.15) is 0 Å². The van der Waals surface area contributed by atoms with Crippen LogP contribution in [0, 0.1) is 11.8 Å². The Morgan fingerprint density at radius 1 is 1.03 bits per heavy atom. The van der Waals surface area contributed by atoms with E-state index in [1.165, 1.54) is 0 Å². The molecule has 4 atom stereocenters. The van der Waals surface area contributed by atoms with Crippen molar-refractivity contribution < 1.29 is 23.9 Å². The Morgan fingerprint density at radius 3 is 2.31 bits per heavy atom. The monoisotopic (exact) mass is 491 g/mol. The van der Waals surface area contributed by atoms with E-state index >= 15 is 0 Å². The first-order chi connectivity index (χ1) is 17.1. The predicted molar refractivity (Wildman–Crippen MR) is 134 cm³/mol. The zero-order chi connectivity index (χ0) is 25.8. The number of fused-ring (bicyclic) bond motifs is 2. The molecule has 3 aliphatic rings. The highest BCUT2D eigenvalue weighted by Crippen LogP contribution is 2.47. The molecule has 2 aromatic carbocycles. The average molecular weight is 492 g/mol. The number of nitrogens with zero attached hydrogens (tertiary/aromatic N) is 1. The molecule has 2 unspecified atom stereocenters. The smallest absolute Gasteiger partial charge is 0.410 e. The normalized spacial score (nSPS) is 25.9. The lowest BCUT2D eigenvalue weighted by Crippen LogP contribution is -2.40. The van der Waals surface area contributed by atoms with Crippen molar-refractivity contribution in [2.24, 2.45) is 11.8 Å². The number of benzene rings is 2. The van der Waals surface area contributed by atoms with Crippen molar-refractivity contribution in [1.29, 1.82) is 0 Å². The molecule has 3 amide bonds. The van der Waals surface area contributed by atoms with Gasteiger partial charge in [-0.1, -0.05) is 30.3 Å². The van der Waals surface area contributed by atoms with Gasteiger partial charge in [0.25, 0.3) is 11.8 Å². The molecule has 8 nitrogen and oxygen atoms in total. The second-order valence-corrected chi connectivity index (χ2v) is 10.9. The third-order valence-electron chi connectivity index (χ3n) is 7.26. The Hall–Kier alpha value is -3.55. The molecule has 2 heterocycles. The van der Waals surface area contributed by atoms with Crippen molar-refractivity contribution in [2.75, 3.05) is 20.1 Å². The molecule has 0 spiro atoms. The quantitative estimate of drug-likeness (QED) is 0.682. The van der Waals surface area contributed by atoms with Crippen LogP contribution in [0.15, 0.2) is 42.5 Å². The number of likely N-dealkylation sites (tertiary alicyclic amines) is 1. The number of nitrogens with one attached hydrogen (secondary N) is 2. The third-order valence-corrected chi connectivity index (χ3v) is 7.26. The summed E-state index contributed by atoms with van der Waals surface area (Å²) < 4.78 is 11.6. The maximum atomic E-state index is 13.3. The average Bonchev–Trinajstić information content (AvgIpc) is 3.15. The highest BCUT2D eigenvalue weighted by atomic mass is 16.6. The number of ether oxygens (including phenoxy) is 2. The number of rotatable bonds is 4. The molecule has 0 radical (unpaired) electrons. The van der Waals surface area contributed by atoms with Crippen LogP contribution in [0.5, 0.6) is 5.75 Å². The summed E-state index contributed by atoms with van der Waals surface area (Å²) in [4.78, 5) is 40.1. The van der Waals surface area contributed by atoms with Crippen LogP contribution in [0.1, 0.15) is 65.5 Å². The highest BCUT2D eigenvalue weighted by molar-refractivity contribution is 6.02. The van der Waals surface area contributed by atoms with Crippen molar-refractivity contribution in [3.05, 3.63) is 64.7 Å². The molecule has 0 bridgehead atoms. The lowest BCUT2D eigenvalue weighted by atomic mass is 9.87. The summed E-state index contributed by atoms with van der Waals surface area (Å²) in [5.41, 5.74) is 2.17. The van der Waals surface area contributed by atoms with Crippen LogP contribution in [0.2, 0.25) is 0 Å². The van der Waals surface area contributed by atoms with Gasteiger partial charge >= 0.3 is 6.09 Å². The van der Waals surface area contributed by atoms with Crippen LogP contribution < -0.4 is 15.4 Å². The maximum Gasteiger partial charge on any atom is 0.410 e. The van der Waals surface area contributed by atoms with E-state index in [1.807, 2.05) is 64.1 Å². The zero-order valence-corrected chi connectivity index (χ0v) is 21.3. The van der Waals surface area contributed by atoms with E-state index in [1.54, 1.807) is 18.0 Å². The summed E-state index contributed by atoms with van der Waals surface area (Å²) in [5.74, 6) is 0.365. The van der Waals surface area contributed by atoms with Gasteiger partial charge in [0.15, 0.2) is 0 Å². The first kappa shape index (κ1) is 24.2. The molecule has 1 saturated carbocycles. The van der Waals surface area contributed by atoms with Crippen LogP contribution in [-0.2, 0) is 4.74 Å². The summed E-state index contributed by atoms with van der Waals surface area (Å²) in [6.45, 7) is 8.67. The minimum Gasteiger partial charge on any atom is -0.489 e. The topological polar surface area (TPSA) is 97.0 Å².